The highest BCUT2D eigenvalue weighted by atomic mass is 16.6. The second-order valence-corrected chi connectivity index (χ2v) is 9.77. The van der Waals surface area contributed by atoms with Gasteiger partial charge in [-0.2, -0.15) is 0 Å². The summed E-state index contributed by atoms with van der Waals surface area (Å²) >= 11 is 0. The molecule has 0 spiro atoms. The number of benzene rings is 2. The van der Waals surface area contributed by atoms with E-state index in [1.807, 2.05) is 24.3 Å². The van der Waals surface area contributed by atoms with Crippen molar-refractivity contribution in [3.63, 3.8) is 0 Å². The zero-order chi connectivity index (χ0) is 32.7. The van der Waals surface area contributed by atoms with E-state index in [9.17, 15) is 9.59 Å². The van der Waals surface area contributed by atoms with Crippen LogP contribution < -0.4 is 9.47 Å². The summed E-state index contributed by atoms with van der Waals surface area (Å²) in [6.07, 6.45) is 5.49. The van der Waals surface area contributed by atoms with E-state index in [0.29, 0.717) is 11.8 Å². The second-order valence-electron chi connectivity index (χ2n) is 9.77. The molecular formula is C38H32N2O6. The van der Waals surface area contributed by atoms with E-state index >= 15 is 0 Å². The summed E-state index contributed by atoms with van der Waals surface area (Å²) in [5.74, 6) is 12.5. The molecular weight excluding hydrogens is 580 g/mol. The minimum atomic E-state index is -0.492. The summed E-state index contributed by atoms with van der Waals surface area (Å²) in [5, 5.41) is 0. The van der Waals surface area contributed by atoms with Crippen LogP contribution in [0.15, 0.2) is 98.4 Å². The van der Waals surface area contributed by atoms with Crippen LogP contribution in [-0.2, 0) is 19.1 Å². The van der Waals surface area contributed by atoms with Gasteiger partial charge in [0.15, 0.2) is 0 Å². The van der Waals surface area contributed by atoms with Gasteiger partial charge in [-0.1, -0.05) is 49.0 Å². The standard InChI is InChI=1S/C38H32N2O6/c1-5-36(41)45-21-19-43-34-17-13-30(25-39-34)8-7-29-11-15-33(16-12-29)38-27(3)23-32(24-28(38)4)10-9-31-14-18-35(40-26-31)44-20-22-46-37(42)6-2/h5-6,11-18,23-26H,1-2,19-22H2,3-4H3. The fraction of sp³-hybridized carbons (Fsp3) is 0.158. The van der Waals surface area contributed by atoms with Gasteiger partial charge in [0.05, 0.1) is 0 Å². The number of aromatic nitrogens is 2. The molecule has 0 aliphatic heterocycles. The molecule has 0 aliphatic rings. The van der Waals surface area contributed by atoms with Crippen molar-refractivity contribution in [2.45, 2.75) is 13.8 Å². The van der Waals surface area contributed by atoms with Crippen LogP contribution in [0.1, 0.15) is 33.4 Å². The van der Waals surface area contributed by atoms with Crippen LogP contribution in [0.3, 0.4) is 0 Å². The number of carbonyl (C=O) groups excluding carboxylic acids is 2. The Bertz CT molecular complexity index is 1800. The first-order valence-electron chi connectivity index (χ1n) is 14.4. The summed E-state index contributed by atoms with van der Waals surface area (Å²) < 4.78 is 20.7. The van der Waals surface area contributed by atoms with Crippen LogP contribution in [0.25, 0.3) is 11.1 Å². The van der Waals surface area contributed by atoms with Crippen LogP contribution in [0.4, 0.5) is 0 Å². The molecule has 0 fully saturated rings. The van der Waals surface area contributed by atoms with Crippen molar-refractivity contribution in [3.8, 4) is 46.6 Å². The summed E-state index contributed by atoms with van der Waals surface area (Å²) in [5.41, 5.74) is 7.79. The molecule has 0 amide bonds. The number of pyridine rings is 2. The van der Waals surface area contributed by atoms with Crippen LogP contribution in [0, 0.1) is 37.5 Å². The highest BCUT2D eigenvalue weighted by Gasteiger charge is 2.08. The van der Waals surface area contributed by atoms with E-state index in [1.165, 1.54) is 0 Å². The normalized spacial score (nSPS) is 9.87. The Hall–Kier alpha value is -6.12. The van der Waals surface area contributed by atoms with Gasteiger partial charge < -0.3 is 18.9 Å². The third kappa shape index (κ3) is 9.97. The van der Waals surface area contributed by atoms with Gasteiger partial charge in [-0.3, -0.25) is 0 Å². The molecule has 0 N–H and O–H groups in total. The van der Waals surface area contributed by atoms with Crippen LogP contribution in [0.5, 0.6) is 11.8 Å². The lowest BCUT2D eigenvalue weighted by atomic mass is 9.93. The van der Waals surface area contributed by atoms with Crippen molar-refractivity contribution in [2.75, 3.05) is 26.4 Å². The molecule has 0 unspecified atom stereocenters. The number of ether oxygens (including phenoxy) is 4. The number of hydrogen-bond donors (Lipinski definition) is 0. The average Bonchev–Trinajstić information content (AvgIpc) is 3.07. The van der Waals surface area contributed by atoms with E-state index in [2.05, 4.69) is 84.9 Å². The Morgan fingerprint density at radius 1 is 0.630 bits per heavy atom. The number of esters is 2. The summed E-state index contributed by atoms with van der Waals surface area (Å²) in [7, 11) is 0. The fourth-order valence-electron chi connectivity index (χ4n) is 4.27. The molecule has 8 nitrogen and oxygen atoms in total. The molecule has 46 heavy (non-hydrogen) atoms. The lowest BCUT2D eigenvalue weighted by Crippen LogP contribution is -2.10. The van der Waals surface area contributed by atoms with Gasteiger partial charge in [0.25, 0.3) is 0 Å². The Kier molecular flexibility index (Phi) is 11.9. The van der Waals surface area contributed by atoms with Gasteiger partial charge in [-0.05, 0) is 72.5 Å². The fourth-order valence-corrected chi connectivity index (χ4v) is 4.27. The van der Waals surface area contributed by atoms with Crippen molar-refractivity contribution in [3.05, 3.63) is 132 Å². The van der Waals surface area contributed by atoms with Crippen LogP contribution >= 0.6 is 0 Å². The van der Waals surface area contributed by atoms with Crippen molar-refractivity contribution < 1.29 is 28.5 Å². The van der Waals surface area contributed by atoms with E-state index in [-0.39, 0.29) is 26.4 Å². The molecule has 0 saturated heterocycles. The first-order chi connectivity index (χ1) is 22.3. The molecule has 0 radical (unpaired) electrons. The predicted molar refractivity (Wildman–Crippen MR) is 175 cm³/mol. The maximum atomic E-state index is 11.1. The van der Waals surface area contributed by atoms with Crippen molar-refractivity contribution >= 4 is 11.9 Å². The molecule has 230 valence electrons. The molecule has 4 aromatic rings. The van der Waals surface area contributed by atoms with Crippen LogP contribution in [-0.4, -0.2) is 48.3 Å². The smallest absolute Gasteiger partial charge is 0.330 e. The highest BCUT2D eigenvalue weighted by molar-refractivity contribution is 5.81. The zero-order valence-corrected chi connectivity index (χ0v) is 25.7. The van der Waals surface area contributed by atoms with Crippen molar-refractivity contribution in [1.82, 2.24) is 9.97 Å². The van der Waals surface area contributed by atoms with Crippen molar-refractivity contribution in [2.24, 2.45) is 0 Å². The maximum absolute atomic E-state index is 11.1. The van der Waals surface area contributed by atoms with Gasteiger partial charge >= 0.3 is 11.9 Å². The Morgan fingerprint density at radius 2 is 1.07 bits per heavy atom. The Balaban J connectivity index is 1.34. The topological polar surface area (TPSA) is 96.8 Å². The number of rotatable bonds is 11. The Morgan fingerprint density at radius 3 is 1.50 bits per heavy atom. The molecule has 2 aromatic heterocycles. The minimum Gasteiger partial charge on any atom is -0.474 e. The minimum absolute atomic E-state index is 0.118. The summed E-state index contributed by atoms with van der Waals surface area (Å²) in [6, 6.07) is 19.4. The zero-order valence-electron chi connectivity index (χ0n) is 25.7. The third-order valence-electron chi connectivity index (χ3n) is 6.37. The third-order valence-corrected chi connectivity index (χ3v) is 6.37. The van der Waals surface area contributed by atoms with Gasteiger partial charge in [-0.25, -0.2) is 19.6 Å². The van der Waals surface area contributed by atoms with Crippen molar-refractivity contribution in [1.29, 1.82) is 0 Å². The predicted octanol–water partition coefficient (Wildman–Crippen LogP) is 5.78. The number of aryl methyl sites for hydroxylation is 2. The number of nitrogens with zero attached hydrogens (tertiary/aromatic N) is 2. The van der Waals surface area contributed by atoms with Gasteiger partial charge in [0, 0.05) is 58.9 Å². The quantitative estimate of drug-likeness (QED) is 0.0911. The molecule has 0 atom stereocenters. The first-order valence-corrected chi connectivity index (χ1v) is 14.4. The monoisotopic (exact) mass is 612 g/mol. The average molecular weight is 613 g/mol. The summed E-state index contributed by atoms with van der Waals surface area (Å²) in [6.45, 7) is 11.5. The lowest BCUT2D eigenvalue weighted by molar-refractivity contribution is -0.139. The van der Waals surface area contributed by atoms with E-state index in [0.717, 1.165) is 56.7 Å². The van der Waals surface area contributed by atoms with Crippen LogP contribution in [0.2, 0.25) is 0 Å². The van der Waals surface area contributed by atoms with E-state index in [1.54, 1.807) is 24.5 Å². The highest BCUT2D eigenvalue weighted by Crippen LogP contribution is 2.28. The molecule has 2 heterocycles. The molecule has 4 rings (SSSR count). The van der Waals surface area contributed by atoms with E-state index in [4.69, 9.17) is 18.9 Å². The molecule has 2 aromatic carbocycles. The largest absolute Gasteiger partial charge is 0.474 e. The van der Waals surface area contributed by atoms with Gasteiger partial charge in [0.2, 0.25) is 11.8 Å². The van der Waals surface area contributed by atoms with E-state index < -0.39 is 11.9 Å². The molecule has 0 saturated carbocycles. The molecule has 0 aliphatic carbocycles. The maximum Gasteiger partial charge on any atom is 0.330 e. The second kappa shape index (κ2) is 16.7. The van der Waals surface area contributed by atoms with Gasteiger partial charge in [-0.15, -0.1) is 0 Å². The lowest BCUT2D eigenvalue weighted by Gasteiger charge is -2.11. The van der Waals surface area contributed by atoms with Gasteiger partial charge in [0.1, 0.15) is 26.4 Å². The number of hydrogen-bond acceptors (Lipinski definition) is 8. The SMILES string of the molecule is C=CC(=O)OCCOc1ccc(C#Cc2ccc(-c3c(C)cc(C#Cc4ccc(OCCOC(=O)C=C)nc4)cc3C)cc2)cn1. The first kappa shape index (κ1) is 32.8. The molecule has 0 bridgehead atoms. The molecule has 8 heteroatoms. The summed E-state index contributed by atoms with van der Waals surface area (Å²) in [4.78, 5) is 30.6. The Labute approximate surface area is 268 Å². The number of carbonyl (C=O) groups is 2.